The molecule has 0 bridgehead atoms. The fraction of sp³-hybridized carbons (Fsp3) is 1.00. The van der Waals surface area contributed by atoms with Gasteiger partial charge < -0.3 is 9.31 Å². The van der Waals surface area contributed by atoms with E-state index in [1.54, 1.807) is 0 Å². The summed E-state index contributed by atoms with van der Waals surface area (Å²) in [6, 6.07) is 0. The highest BCUT2D eigenvalue weighted by atomic mass is 16.7. The van der Waals surface area contributed by atoms with E-state index >= 15 is 0 Å². The first-order valence-electron chi connectivity index (χ1n) is 7.05. The summed E-state index contributed by atoms with van der Waals surface area (Å²) in [6.45, 7) is 13.3. The summed E-state index contributed by atoms with van der Waals surface area (Å²) < 4.78 is 12.5. The molecule has 0 N–H and O–H groups in total. The normalized spacial score (nSPS) is 40.6. The van der Waals surface area contributed by atoms with Crippen LogP contribution in [0.4, 0.5) is 0 Å². The van der Waals surface area contributed by atoms with Gasteiger partial charge in [0.2, 0.25) is 0 Å². The van der Waals surface area contributed by atoms with Gasteiger partial charge in [-0.15, -0.1) is 0 Å². The average Bonchev–Trinajstić information content (AvgIpc) is 2.42. The van der Waals surface area contributed by atoms with Gasteiger partial charge in [0.15, 0.2) is 0 Å². The van der Waals surface area contributed by atoms with Crippen molar-refractivity contribution in [3.8, 4) is 0 Å². The van der Waals surface area contributed by atoms with Gasteiger partial charge in [-0.1, -0.05) is 33.1 Å². The van der Waals surface area contributed by atoms with Gasteiger partial charge in [0, 0.05) is 5.31 Å². The minimum atomic E-state index is -0.197. The fourth-order valence-electron chi connectivity index (χ4n) is 3.00. The first-order valence-corrected chi connectivity index (χ1v) is 7.05. The van der Waals surface area contributed by atoms with Crippen LogP contribution in [0.2, 0.25) is 5.31 Å². The molecule has 2 fully saturated rings. The molecule has 0 unspecified atom stereocenters. The molecule has 2 nitrogen and oxygen atoms in total. The SMILES string of the molecule is C[C@H]1CCCC[C@]1(C)B1OC(C)(C)C(C)(C)O1. The predicted octanol–water partition coefficient (Wildman–Crippen LogP) is 4.05. The number of rotatable bonds is 1. The quantitative estimate of drug-likeness (QED) is 0.641. The molecule has 98 valence electrons. The van der Waals surface area contributed by atoms with Crippen LogP contribution < -0.4 is 0 Å². The molecule has 1 saturated carbocycles. The second-order valence-corrected chi connectivity index (χ2v) is 7.24. The van der Waals surface area contributed by atoms with Crippen LogP contribution in [0.3, 0.4) is 0 Å². The van der Waals surface area contributed by atoms with Gasteiger partial charge in [0.25, 0.3) is 0 Å². The van der Waals surface area contributed by atoms with Crippen LogP contribution in [0.1, 0.15) is 67.2 Å². The maximum absolute atomic E-state index is 6.25. The Morgan fingerprint density at radius 3 is 1.94 bits per heavy atom. The third-order valence-corrected chi connectivity index (χ3v) is 5.52. The first-order chi connectivity index (χ1) is 7.69. The molecule has 0 spiro atoms. The van der Waals surface area contributed by atoms with Gasteiger partial charge >= 0.3 is 7.12 Å². The van der Waals surface area contributed by atoms with Crippen LogP contribution >= 0.6 is 0 Å². The highest BCUT2D eigenvalue weighted by molar-refractivity contribution is 6.49. The fourth-order valence-corrected chi connectivity index (χ4v) is 3.00. The standard InChI is InChI=1S/C14H27BO2/c1-11-9-7-8-10-14(11,6)15-16-12(2,3)13(4,5)17-15/h11H,7-10H2,1-6H3/t11-,14-/m0/s1. The lowest BCUT2D eigenvalue weighted by atomic mass is 9.48. The third-order valence-electron chi connectivity index (χ3n) is 5.52. The summed E-state index contributed by atoms with van der Waals surface area (Å²) in [6.07, 6.45) is 5.20. The molecular weight excluding hydrogens is 211 g/mol. The highest BCUT2D eigenvalue weighted by Gasteiger charge is 2.59. The van der Waals surface area contributed by atoms with E-state index in [1.165, 1.54) is 25.7 Å². The minimum absolute atomic E-state index is 0.0391. The van der Waals surface area contributed by atoms with Gasteiger partial charge in [0.1, 0.15) is 0 Å². The third kappa shape index (κ3) is 2.06. The zero-order valence-corrected chi connectivity index (χ0v) is 12.3. The number of hydrogen-bond acceptors (Lipinski definition) is 2. The molecule has 2 atom stereocenters. The van der Waals surface area contributed by atoms with E-state index in [2.05, 4.69) is 41.5 Å². The second kappa shape index (κ2) is 3.99. The van der Waals surface area contributed by atoms with E-state index in [4.69, 9.17) is 9.31 Å². The largest absolute Gasteiger partial charge is 0.464 e. The molecule has 1 saturated heterocycles. The average molecular weight is 238 g/mol. The van der Waals surface area contributed by atoms with Crippen molar-refractivity contribution in [2.75, 3.05) is 0 Å². The molecule has 0 aromatic heterocycles. The molecule has 0 aromatic rings. The molecule has 1 aliphatic carbocycles. The molecule has 2 aliphatic rings. The van der Waals surface area contributed by atoms with Gasteiger partial charge in [-0.05, 0) is 40.0 Å². The van der Waals surface area contributed by atoms with Crippen molar-refractivity contribution < 1.29 is 9.31 Å². The second-order valence-electron chi connectivity index (χ2n) is 7.24. The van der Waals surface area contributed by atoms with Crippen LogP contribution in [0, 0.1) is 5.92 Å². The Balaban J connectivity index is 2.19. The zero-order valence-electron chi connectivity index (χ0n) is 12.3. The summed E-state index contributed by atoms with van der Waals surface area (Å²) in [5.74, 6) is 0.686. The molecule has 1 aliphatic heterocycles. The van der Waals surface area contributed by atoms with Crippen molar-refractivity contribution in [1.29, 1.82) is 0 Å². The van der Waals surface area contributed by atoms with E-state index < -0.39 is 0 Å². The molecule has 3 heteroatoms. The highest BCUT2D eigenvalue weighted by Crippen LogP contribution is 2.54. The Morgan fingerprint density at radius 2 is 1.47 bits per heavy atom. The smallest absolute Gasteiger partial charge is 0.403 e. The summed E-state index contributed by atoms with van der Waals surface area (Å²) >= 11 is 0. The Kier molecular flexibility index (Phi) is 3.15. The van der Waals surface area contributed by atoms with E-state index in [9.17, 15) is 0 Å². The van der Waals surface area contributed by atoms with Crippen molar-refractivity contribution in [1.82, 2.24) is 0 Å². The molecule has 17 heavy (non-hydrogen) atoms. The monoisotopic (exact) mass is 238 g/mol. The lowest BCUT2D eigenvalue weighted by Crippen LogP contribution is -2.41. The molecule has 2 rings (SSSR count). The molecule has 0 aromatic carbocycles. The van der Waals surface area contributed by atoms with Crippen LogP contribution in [0.5, 0.6) is 0 Å². The molecular formula is C14H27BO2. The van der Waals surface area contributed by atoms with Crippen LogP contribution in [-0.4, -0.2) is 18.3 Å². The lowest BCUT2D eigenvalue weighted by molar-refractivity contribution is 0.00578. The first kappa shape index (κ1) is 13.4. The maximum Gasteiger partial charge on any atom is 0.464 e. The maximum atomic E-state index is 6.25. The van der Waals surface area contributed by atoms with Crippen LogP contribution in [-0.2, 0) is 9.31 Å². The molecule has 1 heterocycles. The number of hydrogen-bond donors (Lipinski definition) is 0. The Hall–Kier alpha value is -0.0151. The van der Waals surface area contributed by atoms with Crippen molar-refractivity contribution in [3.05, 3.63) is 0 Å². The van der Waals surface area contributed by atoms with Gasteiger partial charge in [-0.25, -0.2) is 0 Å². The van der Waals surface area contributed by atoms with E-state index in [0.717, 1.165) is 0 Å². The topological polar surface area (TPSA) is 18.5 Å². The van der Waals surface area contributed by atoms with Crippen molar-refractivity contribution in [3.63, 3.8) is 0 Å². The van der Waals surface area contributed by atoms with E-state index in [0.29, 0.717) is 5.92 Å². The van der Waals surface area contributed by atoms with Crippen molar-refractivity contribution in [2.45, 2.75) is 83.7 Å². The predicted molar refractivity (Wildman–Crippen MR) is 72.1 cm³/mol. The summed E-state index contributed by atoms with van der Waals surface area (Å²) in [5.41, 5.74) is -0.393. The molecule has 0 radical (unpaired) electrons. The van der Waals surface area contributed by atoms with Crippen LogP contribution in [0.15, 0.2) is 0 Å². The van der Waals surface area contributed by atoms with E-state index in [1.807, 2.05) is 0 Å². The minimum Gasteiger partial charge on any atom is -0.403 e. The Labute approximate surface area is 107 Å². The van der Waals surface area contributed by atoms with Gasteiger partial charge in [-0.3, -0.25) is 0 Å². The van der Waals surface area contributed by atoms with E-state index in [-0.39, 0.29) is 23.6 Å². The van der Waals surface area contributed by atoms with Crippen molar-refractivity contribution in [2.24, 2.45) is 5.92 Å². The Morgan fingerprint density at radius 1 is 0.941 bits per heavy atom. The summed E-state index contributed by atoms with van der Waals surface area (Å²) in [5, 5.41) is 0.184. The summed E-state index contributed by atoms with van der Waals surface area (Å²) in [4.78, 5) is 0. The van der Waals surface area contributed by atoms with Crippen molar-refractivity contribution >= 4 is 7.12 Å². The lowest BCUT2D eigenvalue weighted by Gasteiger charge is -2.40. The molecule has 0 amide bonds. The summed E-state index contributed by atoms with van der Waals surface area (Å²) in [7, 11) is -0.0391. The zero-order chi connectivity index (χ0) is 12.9. The van der Waals surface area contributed by atoms with Gasteiger partial charge in [-0.2, -0.15) is 0 Å². The Bertz CT molecular complexity index is 285. The van der Waals surface area contributed by atoms with Crippen LogP contribution in [0.25, 0.3) is 0 Å². The van der Waals surface area contributed by atoms with Gasteiger partial charge in [0.05, 0.1) is 11.2 Å².